The number of ether oxygens (including phenoxy) is 4. The van der Waals surface area contributed by atoms with Gasteiger partial charge in [-0.25, -0.2) is 4.68 Å². The largest absolute Gasteiger partial charge is 0.493 e. The van der Waals surface area contributed by atoms with Crippen molar-refractivity contribution in [3.8, 4) is 17.2 Å². The van der Waals surface area contributed by atoms with E-state index in [1.807, 2.05) is 47.9 Å². The van der Waals surface area contributed by atoms with Gasteiger partial charge in [-0.1, -0.05) is 23.7 Å². The summed E-state index contributed by atoms with van der Waals surface area (Å²) in [6.45, 7) is 4.28. The molecule has 12 nitrogen and oxygen atoms in total. The number of para-hydroxylation sites is 1. The van der Waals surface area contributed by atoms with E-state index in [1.54, 1.807) is 25.8 Å². The maximum Gasteiger partial charge on any atom is 0.313 e. The molecule has 204 valence electrons. The molecule has 0 aliphatic carbocycles. The number of carbonyl (C=O) groups is 1. The molecular formula is C26H28ClN7O5. The lowest BCUT2D eigenvalue weighted by molar-refractivity contribution is -0.142. The van der Waals surface area contributed by atoms with Crippen molar-refractivity contribution in [3.05, 3.63) is 70.0 Å². The molecule has 1 aliphatic rings. The maximum atomic E-state index is 12.0. The van der Waals surface area contributed by atoms with Gasteiger partial charge in [-0.3, -0.25) is 9.36 Å². The van der Waals surface area contributed by atoms with E-state index in [2.05, 4.69) is 25.7 Å². The van der Waals surface area contributed by atoms with E-state index in [1.165, 1.54) is 0 Å². The number of benzene rings is 2. The maximum absolute atomic E-state index is 12.0. The first kappa shape index (κ1) is 26.6. The van der Waals surface area contributed by atoms with E-state index in [4.69, 9.17) is 30.5 Å². The topological polar surface area (TPSA) is 128 Å². The predicted octanol–water partition coefficient (Wildman–Crippen LogP) is 3.59. The van der Waals surface area contributed by atoms with Crippen molar-refractivity contribution < 1.29 is 23.7 Å². The molecule has 0 N–H and O–H groups in total. The first-order valence-corrected chi connectivity index (χ1v) is 12.8. The van der Waals surface area contributed by atoms with Crippen molar-refractivity contribution in [3.63, 3.8) is 0 Å². The van der Waals surface area contributed by atoms with Gasteiger partial charge in [0.15, 0.2) is 23.1 Å². The number of esters is 1. The molecule has 0 fully saturated rings. The average Bonchev–Trinajstić information content (AvgIpc) is 3.50. The van der Waals surface area contributed by atoms with E-state index < -0.39 is 18.2 Å². The van der Waals surface area contributed by atoms with Crippen LogP contribution in [0.5, 0.6) is 11.5 Å². The highest BCUT2D eigenvalue weighted by atomic mass is 35.5. The van der Waals surface area contributed by atoms with Crippen molar-refractivity contribution >= 4 is 17.6 Å². The summed E-state index contributed by atoms with van der Waals surface area (Å²) in [5.74, 6) is 2.47. The van der Waals surface area contributed by atoms with Gasteiger partial charge >= 0.3 is 5.97 Å². The van der Waals surface area contributed by atoms with Crippen LogP contribution in [0.2, 0.25) is 5.02 Å². The van der Waals surface area contributed by atoms with E-state index in [9.17, 15) is 4.79 Å². The molecule has 3 heterocycles. The molecule has 0 saturated heterocycles. The molecule has 39 heavy (non-hydrogen) atoms. The van der Waals surface area contributed by atoms with Crippen LogP contribution in [0.3, 0.4) is 0 Å². The van der Waals surface area contributed by atoms with Gasteiger partial charge in [-0.2, -0.15) is 0 Å². The fourth-order valence-corrected chi connectivity index (χ4v) is 4.96. The van der Waals surface area contributed by atoms with E-state index in [0.717, 1.165) is 16.8 Å². The van der Waals surface area contributed by atoms with Crippen LogP contribution in [0.25, 0.3) is 5.69 Å². The number of hydrogen-bond acceptors (Lipinski definition) is 10. The Balaban J connectivity index is 1.56. The van der Waals surface area contributed by atoms with Gasteiger partial charge in [0.25, 0.3) is 0 Å². The lowest BCUT2D eigenvalue weighted by Crippen LogP contribution is -2.17. The molecular weight excluding hydrogens is 526 g/mol. The number of nitrogens with zero attached hydrogens (tertiary/aromatic N) is 7. The highest BCUT2D eigenvalue weighted by molar-refractivity contribution is 6.30. The summed E-state index contributed by atoms with van der Waals surface area (Å²) in [5.41, 5.74) is 2.44. The number of hydrogen-bond donors (Lipinski definition) is 0. The Hall–Kier alpha value is -4.03. The van der Waals surface area contributed by atoms with E-state index >= 15 is 0 Å². The molecule has 0 saturated carbocycles. The molecule has 0 amide bonds. The minimum absolute atomic E-state index is 0.0325. The average molecular weight is 554 g/mol. The second kappa shape index (κ2) is 11.4. The Morgan fingerprint density at radius 3 is 2.72 bits per heavy atom. The van der Waals surface area contributed by atoms with Crippen LogP contribution in [-0.4, -0.2) is 61.8 Å². The van der Waals surface area contributed by atoms with Crippen molar-refractivity contribution in [2.75, 3.05) is 20.8 Å². The minimum atomic E-state index is -0.581. The predicted molar refractivity (Wildman–Crippen MR) is 139 cm³/mol. The van der Waals surface area contributed by atoms with E-state index in [0.29, 0.717) is 47.0 Å². The van der Waals surface area contributed by atoms with Crippen LogP contribution in [0.4, 0.5) is 0 Å². The second-order valence-corrected chi connectivity index (χ2v) is 9.26. The standard InChI is InChI=1S/C26H28ClN7O5/c1-5-38-23(35)14-22-29-31-32-33(22)12-11-21-26-30-28-15(2)34(26)19-10-9-16(27)13-18(19)24(39-21)17-7-6-8-20(36-3)25(17)37-4/h6-10,13,21,24H,5,11-12,14H2,1-4H3. The number of aryl methyl sites for hydroxylation is 2. The smallest absolute Gasteiger partial charge is 0.313 e. The highest BCUT2D eigenvalue weighted by Gasteiger charge is 2.35. The molecule has 4 aromatic rings. The molecule has 2 aromatic heterocycles. The van der Waals surface area contributed by atoms with Gasteiger partial charge in [0.1, 0.15) is 24.5 Å². The summed E-state index contributed by atoms with van der Waals surface area (Å²) in [5, 5.41) is 21.2. The first-order valence-electron chi connectivity index (χ1n) is 12.4. The number of halogens is 1. The first-order chi connectivity index (χ1) is 18.9. The van der Waals surface area contributed by atoms with Crippen LogP contribution in [-0.2, 0) is 27.2 Å². The van der Waals surface area contributed by atoms with Crippen LogP contribution < -0.4 is 9.47 Å². The fourth-order valence-electron chi connectivity index (χ4n) is 4.78. The monoisotopic (exact) mass is 553 g/mol. The van der Waals surface area contributed by atoms with Gasteiger partial charge < -0.3 is 18.9 Å². The Bertz CT molecular complexity index is 1490. The number of carbonyl (C=O) groups excluding carboxylic acids is 1. The van der Waals surface area contributed by atoms with Crippen LogP contribution in [0, 0.1) is 6.92 Å². The third-order valence-corrected chi connectivity index (χ3v) is 6.72. The Labute approximate surface area is 229 Å². The quantitative estimate of drug-likeness (QED) is 0.283. The third kappa shape index (κ3) is 5.17. The zero-order valence-corrected chi connectivity index (χ0v) is 22.8. The zero-order valence-electron chi connectivity index (χ0n) is 22.0. The summed E-state index contributed by atoms with van der Waals surface area (Å²) in [6.07, 6.45) is -0.709. The molecule has 2 aromatic carbocycles. The van der Waals surface area contributed by atoms with Gasteiger partial charge in [0.2, 0.25) is 0 Å². The van der Waals surface area contributed by atoms with Crippen molar-refractivity contribution in [2.24, 2.45) is 0 Å². The normalized spacial score (nSPS) is 16.2. The molecule has 0 bridgehead atoms. The number of methoxy groups -OCH3 is 2. The number of rotatable bonds is 9. The van der Waals surface area contributed by atoms with Crippen LogP contribution in [0.1, 0.15) is 54.2 Å². The summed E-state index contributed by atoms with van der Waals surface area (Å²) in [7, 11) is 3.18. The Morgan fingerprint density at radius 2 is 1.95 bits per heavy atom. The van der Waals surface area contributed by atoms with Crippen molar-refractivity contribution in [1.29, 1.82) is 0 Å². The molecule has 1 aliphatic heterocycles. The lowest BCUT2D eigenvalue weighted by atomic mass is 9.98. The van der Waals surface area contributed by atoms with Gasteiger partial charge in [-0.05, 0) is 48.5 Å². The summed E-state index contributed by atoms with van der Waals surface area (Å²) in [6, 6.07) is 11.3. The molecule has 0 radical (unpaired) electrons. The Morgan fingerprint density at radius 1 is 1.10 bits per heavy atom. The summed E-state index contributed by atoms with van der Waals surface area (Å²) < 4.78 is 26.8. The van der Waals surface area contributed by atoms with Gasteiger partial charge in [0.05, 0.1) is 26.5 Å². The Kier molecular flexibility index (Phi) is 7.75. The number of aromatic nitrogens is 7. The van der Waals surface area contributed by atoms with Crippen molar-refractivity contribution in [1.82, 2.24) is 35.0 Å². The van der Waals surface area contributed by atoms with Crippen molar-refractivity contribution in [2.45, 2.75) is 45.4 Å². The molecule has 5 rings (SSSR count). The fraction of sp³-hybridized carbons (Fsp3) is 0.385. The molecule has 13 heteroatoms. The number of tetrazole rings is 1. The molecule has 0 spiro atoms. The number of fused-ring (bicyclic) bond motifs is 3. The summed E-state index contributed by atoms with van der Waals surface area (Å²) in [4.78, 5) is 12.0. The van der Waals surface area contributed by atoms with E-state index in [-0.39, 0.29) is 13.0 Å². The second-order valence-electron chi connectivity index (χ2n) is 8.82. The lowest BCUT2D eigenvalue weighted by Gasteiger charge is -2.25. The molecule has 2 unspecified atom stereocenters. The van der Waals surface area contributed by atoms with Gasteiger partial charge in [-0.15, -0.1) is 15.3 Å². The van der Waals surface area contributed by atoms with Crippen LogP contribution in [0.15, 0.2) is 36.4 Å². The SMILES string of the molecule is CCOC(=O)Cc1nnnn1CCC1OC(c2cccc(OC)c2OC)c2cc(Cl)ccc2-n2c(C)nnc21. The highest BCUT2D eigenvalue weighted by Crippen LogP contribution is 2.46. The van der Waals surface area contributed by atoms with Gasteiger partial charge in [0, 0.05) is 29.1 Å². The zero-order chi connectivity index (χ0) is 27.5. The summed E-state index contributed by atoms with van der Waals surface area (Å²) >= 11 is 6.49. The minimum Gasteiger partial charge on any atom is -0.493 e. The van der Waals surface area contributed by atoms with Crippen LogP contribution >= 0.6 is 11.6 Å². The molecule has 2 atom stereocenters. The third-order valence-electron chi connectivity index (χ3n) is 6.48.